The van der Waals surface area contributed by atoms with E-state index in [0.29, 0.717) is 5.56 Å². The standard InChI is InChI=1S/C15H12F3NO3/c1-21-13-7-2-4-10(14(13)20)9-19-11-5-3-6-12(8-11)22-15(16,17)18/h2-9,20H,1H3. The first-order chi connectivity index (χ1) is 10.4. The number of hydrogen-bond donors (Lipinski definition) is 1. The molecule has 0 atom stereocenters. The molecule has 0 saturated heterocycles. The van der Waals surface area contributed by atoms with E-state index in [-0.39, 0.29) is 22.9 Å². The minimum atomic E-state index is -4.76. The van der Waals surface area contributed by atoms with Crippen molar-refractivity contribution in [3.8, 4) is 17.2 Å². The summed E-state index contributed by atoms with van der Waals surface area (Å²) in [5.41, 5.74) is 0.630. The van der Waals surface area contributed by atoms with Crippen molar-refractivity contribution in [2.45, 2.75) is 6.36 Å². The number of halogens is 3. The smallest absolute Gasteiger partial charge is 0.504 e. The minimum absolute atomic E-state index is 0.101. The lowest BCUT2D eigenvalue weighted by Crippen LogP contribution is -2.16. The number of phenols is 1. The average molecular weight is 311 g/mol. The van der Waals surface area contributed by atoms with Gasteiger partial charge in [-0.3, -0.25) is 4.99 Å². The van der Waals surface area contributed by atoms with E-state index < -0.39 is 6.36 Å². The van der Waals surface area contributed by atoms with Gasteiger partial charge in [-0.2, -0.15) is 0 Å². The number of aliphatic imine (C=N–C) groups is 1. The Morgan fingerprint density at radius 1 is 1.14 bits per heavy atom. The summed E-state index contributed by atoms with van der Waals surface area (Å²) in [5.74, 6) is -0.188. The summed E-state index contributed by atoms with van der Waals surface area (Å²) >= 11 is 0. The fourth-order valence-corrected chi connectivity index (χ4v) is 1.71. The third kappa shape index (κ3) is 4.15. The summed E-state index contributed by atoms with van der Waals surface area (Å²) in [6.07, 6.45) is -3.43. The summed E-state index contributed by atoms with van der Waals surface area (Å²) in [6.45, 7) is 0. The Bertz CT molecular complexity index is 684. The molecule has 0 heterocycles. The first-order valence-corrected chi connectivity index (χ1v) is 6.15. The maximum atomic E-state index is 12.2. The second-order valence-electron chi connectivity index (χ2n) is 4.20. The molecule has 0 bridgehead atoms. The van der Waals surface area contributed by atoms with Crippen LogP contribution in [0.4, 0.5) is 18.9 Å². The molecule has 2 rings (SSSR count). The van der Waals surface area contributed by atoms with E-state index in [1.165, 1.54) is 31.5 Å². The third-order valence-electron chi connectivity index (χ3n) is 2.65. The first-order valence-electron chi connectivity index (χ1n) is 6.15. The summed E-state index contributed by atoms with van der Waals surface area (Å²) in [7, 11) is 1.41. The van der Waals surface area contributed by atoms with Gasteiger partial charge in [0, 0.05) is 17.8 Å². The largest absolute Gasteiger partial charge is 0.573 e. The molecule has 2 aromatic carbocycles. The third-order valence-corrected chi connectivity index (χ3v) is 2.65. The quantitative estimate of drug-likeness (QED) is 0.867. The van der Waals surface area contributed by atoms with Crippen LogP contribution in [0.5, 0.6) is 17.2 Å². The van der Waals surface area contributed by atoms with E-state index in [4.69, 9.17) is 4.74 Å². The predicted octanol–water partition coefficient (Wildman–Crippen LogP) is 4.05. The number of alkyl halides is 3. The number of hydrogen-bond acceptors (Lipinski definition) is 4. The van der Waals surface area contributed by atoms with Crippen LogP contribution in [-0.2, 0) is 0 Å². The monoisotopic (exact) mass is 311 g/mol. The highest BCUT2D eigenvalue weighted by Gasteiger charge is 2.31. The van der Waals surface area contributed by atoms with Crippen molar-refractivity contribution in [3.63, 3.8) is 0 Å². The number of ether oxygens (including phenoxy) is 2. The van der Waals surface area contributed by atoms with Crippen LogP contribution in [0.15, 0.2) is 47.5 Å². The second-order valence-corrected chi connectivity index (χ2v) is 4.20. The Hall–Kier alpha value is -2.70. The lowest BCUT2D eigenvalue weighted by molar-refractivity contribution is -0.274. The van der Waals surface area contributed by atoms with Gasteiger partial charge in [0.25, 0.3) is 0 Å². The molecule has 4 nitrogen and oxygen atoms in total. The molecule has 0 fully saturated rings. The summed E-state index contributed by atoms with van der Waals surface area (Å²) in [4.78, 5) is 4.02. The van der Waals surface area contributed by atoms with E-state index in [2.05, 4.69) is 9.73 Å². The number of methoxy groups -OCH3 is 1. The average Bonchev–Trinajstić information content (AvgIpc) is 2.45. The zero-order valence-corrected chi connectivity index (χ0v) is 11.5. The lowest BCUT2D eigenvalue weighted by Gasteiger charge is -2.08. The molecule has 0 spiro atoms. The Labute approximate surface area is 124 Å². The predicted molar refractivity (Wildman–Crippen MR) is 75.0 cm³/mol. The van der Waals surface area contributed by atoms with E-state index in [0.717, 1.165) is 6.07 Å². The second kappa shape index (κ2) is 6.38. The number of aromatic hydroxyl groups is 1. The highest BCUT2D eigenvalue weighted by molar-refractivity contribution is 5.86. The summed E-state index contributed by atoms with van der Waals surface area (Å²) in [6, 6.07) is 10.0. The van der Waals surface area contributed by atoms with Crippen molar-refractivity contribution in [2.75, 3.05) is 7.11 Å². The highest BCUT2D eigenvalue weighted by atomic mass is 19.4. The van der Waals surface area contributed by atoms with Gasteiger partial charge in [0.2, 0.25) is 0 Å². The lowest BCUT2D eigenvalue weighted by atomic mass is 10.2. The summed E-state index contributed by atoms with van der Waals surface area (Å²) < 4.78 is 45.2. The number of phenolic OH excluding ortho intramolecular Hbond substituents is 1. The normalized spacial score (nSPS) is 11.6. The van der Waals surface area contributed by atoms with Gasteiger partial charge in [-0.15, -0.1) is 13.2 Å². The van der Waals surface area contributed by atoms with E-state index in [9.17, 15) is 18.3 Å². The minimum Gasteiger partial charge on any atom is -0.504 e. The fourth-order valence-electron chi connectivity index (χ4n) is 1.71. The van der Waals surface area contributed by atoms with Crippen molar-refractivity contribution in [1.82, 2.24) is 0 Å². The van der Waals surface area contributed by atoms with E-state index >= 15 is 0 Å². The van der Waals surface area contributed by atoms with Crippen molar-refractivity contribution >= 4 is 11.9 Å². The molecule has 0 amide bonds. The Morgan fingerprint density at radius 2 is 1.86 bits per heavy atom. The molecule has 0 aliphatic carbocycles. The Kier molecular flexibility index (Phi) is 4.55. The van der Waals surface area contributed by atoms with Gasteiger partial charge in [0.15, 0.2) is 11.5 Å². The van der Waals surface area contributed by atoms with Crippen LogP contribution in [-0.4, -0.2) is 24.8 Å². The van der Waals surface area contributed by atoms with Crippen LogP contribution < -0.4 is 9.47 Å². The molecule has 2 aromatic rings. The molecule has 0 radical (unpaired) electrons. The number of rotatable bonds is 4. The van der Waals surface area contributed by atoms with Crippen LogP contribution in [0.2, 0.25) is 0 Å². The van der Waals surface area contributed by atoms with Gasteiger partial charge in [0.05, 0.1) is 12.8 Å². The molecule has 0 aliphatic heterocycles. The van der Waals surface area contributed by atoms with Crippen LogP contribution in [0, 0.1) is 0 Å². The number of para-hydroxylation sites is 1. The maximum Gasteiger partial charge on any atom is 0.573 e. The Balaban J connectivity index is 2.22. The van der Waals surface area contributed by atoms with Gasteiger partial charge in [-0.1, -0.05) is 12.1 Å². The molecule has 1 N–H and O–H groups in total. The fraction of sp³-hybridized carbons (Fsp3) is 0.133. The summed E-state index contributed by atoms with van der Waals surface area (Å²) in [5, 5.41) is 9.88. The topological polar surface area (TPSA) is 51.0 Å². The molecular formula is C15H12F3NO3. The zero-order valence-electron chi connectivity index (χ0n) is 11.5. The van der Waals surface area contributed by atoms with Crippen LogP contribution in [0.3, 0.4) is 0 Å². The number of benzene rings is 2. The molecule has 0 aliphatic rings. The van der Waals surface area contributed by atoms with Crippen molar-refractivity contribution in [3.05, 3.63) is 48.0 Å². The molecule has 0 aromatic heterocycles. The van der Waals surface area contributed by atoms with Gasteiger partial charge >= 0.3 is 6.36 Å². The molecule has 0 unspecified atom stereocenters. The molecule has 7 heteroatoms. The van der Waals surface area contributed by atoms with Crippen molar-refractivity contribution < 1.29 is 27.8 Å². The van der Waals surface area contributed by atoms with E-state index in [1.54, 1.807) is 18.2 Å². The first kappa shape index (κ1) is 15.7. The van der Waals surface area contributed by atoms with Gasteiger partial charge < -0.3 is 14.6 Å². The Morgan fingerprint density at radius 3 is 2.55 bits per heavy atom. The van der Waals surface area contributed by atoms with Gasteiger partial charge in [-0.05, 0) is 24.3 Å². The van der Waals surface area contributed by atoms with Crippen molar-refractivity contribution in [1.29, 1.82) is 0 Å². The highest BCUT2D eigenvalue weighted by Crippen LogP contribution is 2.29. The maximum absolute atomic E-state index is 12.2. The molecule has 116 valence electrons. The van der Waals surface area contributed by atoms with Crippen molar-refractivity contribution in [2.24, 2.45) is 4.99 Å². The van der Waals surface area contributed by atoms with Crippen LogP contribution >= 0.6 is 0 Å². The van der Waals surface area contributed by atoms with E-state index in [1.807, 2.05) is 0 Å². The van der Waals surface area contributed by atoms with Gasteiger partial charge in [0.1, 0.15) is 5.75 Å². The van der Waals surface area contributed by atoms with Crippen LogP contribution in [0.25, 0.3) is 0 Å². The SMILES string of the molecule is COc1cccc(C=Nc2cccc(OC(F)(F)F)c2)c1O. The number of nitrogens with zero attached hydrogens (tertiary/aromatic N) is 1. The molecule has 22 heavy (non-hydrogen) atoms. The zero-order chi connectivity index (χ0) is 16.2. The molecular weight excluding hydrogens is 299 g/mol. The van der Waals surface area contributed by atoms with Gasteiger partial charge in [-0.25, -0.2) is 0 Å². The molecule has 0 saturated carbocycles. The van der Waals surface area contributed by atoms with Crippen LogP contribution in [0.1, 0.15) is 5.56 Å².